The van der Waals surface area contributed by atoms with Crippen molar-refractivity contribution in [3.05, 3.63) is 54.7 Å². The van der Waals surface area contributed by atoms with Crippen molar-refractivity contribution in [3.63, 3.8) is 0 Å². The summed E-state index contributed by atoms with van der Waals surface area (Å²) < 4.78 is 0. The summed E-state index contributed by atoms with van der Waals surface area (Å²) in [5.41, 5.74) is 11.7. The molecule has 0 saturated heterocycles. The first-order valence-electron chi connectivity index (χ1n) is 5.48. The number of rotatable bonds is 3. The monoisotopic (exact) mass is 230 g/mol. The van der Waals surface area contributed by atoms with Gasteiger partial charge in [-0.15, -0.1) is 0 Å². The van der Waals surface area contributed by atoms with Gasteiger partial charge in [0, 0.05) is 25.0 Å². The van der Waals surface area contributed by atoms with E-state index in [9.17, 15) is 0 Å². The van der Waals surface area contributed by atoms with Crippen LogP contribution in [-0.2, 0) is 0 Å². The molecular weight excluding hydrogens is 212 g/mol. The van der Waals surface area contributed by atoms with E-state index in [1.54, 1.807) is 12.3 Å². The average Bonchev–Trinajstić information content (AvgIpc) is 2.39. The second-order valence-corrected chi connectivity index (χ2v) is 3.34. The molecule has 90 valence electrons. The maximum absolute atomic E-state index is 5.31. The molecule has 4 nitrogen and oxygen atoms in total. The van der Waals surface area contributed by atoms with Gasteiger partial charge in [-0.1, -0.05) is 24.3 Å². The second-order valence-electron chi connectivity index (χ2n) is 3.34. The Morgan fingerprint density at radius 3 is 2.18 bits per heavy atom. The molecule has 0 amide bonds. The van der Waals surface area contributed by atoms with E-state index in [0.717, 1.165) is 12.2 Å². The topological polar surface area (TPSA) is 77.0 Å². The highest BCUT2D eigenvalue weighted by Crippen LogP contribution is 2.02. The molecule has 1 aromatic carbocycles. The van der Waals surface area contributed by atoms with Crippen LogP contribution in [0.4, 0.5) is 11.5 Å². The van der Waals surface area contributed by atoms with Gasteiger partial charge >= 0.3 is 0 Å². The summed E-state index contributed by atoms with van der Waals surface area (Å²) in [7, 11) is 0. The number of aromatic nitrogens is 1. The van der Waals surface area contributed by atoms with E-state index >= 15 is 0 Å². The third kappa shape index (κ3) is 6.17. The summed E-state index contributed by atoms with van der Waals surface area (Å²) in [5, 5.41) is 3.17. The number of nitrogen functional groups attached to an aromatic ring is 1. The largest absolute Gasteiger partial charge is 0.384 e. The average molecular weight is 230 g/mol. The Morgan fingerprint density at radius 2 is 1.71 bits per heavy atom. The Kier molecular flexibility index (Phi) is 6.21. The van der Waals surface area contributed by atoms with Crippen molar-refractivity contribution < 1.29 is 0 Å². The first kappa shape index (κ1) is 13.0. The van der Waals surface area contributed by atoms with Gasteiger partial charge in [-0.05, 0) is 24.3 Å². The number of nitrogens with two attached hydrogens (primary N) is 2. The molecule has 0 atom stereocenters. The molecule has 0 aliphatic heterocycles. The first-order chi connectivity index (χ1) is 8.33. The highest BCUT2D eigenvalue weighted by molar-refractivity contribution is 5.42. The number of nitrogens with one attached hydrogen (secondary N) is 1. The summed E-state index contributed by atoms with van der Waals surface area (Å²) in [6.07, 6.45) is 1.66. The predicted octanol–water partition coefficient (Wildman–Crippen LogP) is 1.72. The van der Waals surface area contributed by atoms with Crippen LogP contribution in [-0.4, -0.2) is 18.1 Å². The highest BCUT2D eigenvalue weighted by atomic mass is 14.9. The molecule has 2 rings (SSSR count). The van der Waals surface area contributed by atoms with E-state index in [4.69, 9.17) is 11.5 Å². The van der Waals surface area contributed by atoms with E-state index in [1.165, 1.54) is 0 Å². The molecule has 0 saturated carbocycles. The summed E-state index contributed by atoms with van der Waals surface area (Å²) in [6, 6.07) is 15.5. The number of nitrogens with zero attached hydrogens (tertiary/aromatic N) is 1. The van der Waals surface area contributed by atoms with Gasteiger partial charge in [-0.2, -0.15) is 0 Å². The lowest BCUT2D eigenvalue weighted by Crippen LogP contribution is -2.12. The van der Waals surface area contributed by atoms with Crippen molar-refractivity contribution >= 4 is 11.5 Å². The SMILES string of the molecule is NCCNc1ccccc1.Nc1ccccn1. The molecule has 0 bridgehead atoms. The standard InChI is InChI=1S/C8H12N2.C5H6N2/c9-6-7-10-8-4-2-1-3-5-8;6-5-3-1-2-4-7-5/h1-5,10H,6-7,9H2;1-4H,(H2,6,7). The molecule has 0 aliphatic rings. The van der Waals surface area contributed by atoms with Crippen molar-refractivity contribution in [2.75, 3.05) is 24.1 Å². The van der Waals surface area contributed by atoms with Gasteiger partial charge in [0.05, 0.1) is 0 Å². The van der Waals surface area contributed by atoms with Gasteiger partial charge in [0.15, 0.2) is 0 Å². The van der Waals surface area contributed by atoms with Crippen LogP contribution in [0.3, 0.4) is 0 Å². The van der Waals surface area contributed by atoms with Crippen molar-refractivity contribution in [3.8, 4) is 0 Å². The zero-order valence-corrected chi connectivity index (χ0v) is 9.71. The Hall–Kier alpha value is -2.07. The van der Waals surface area contributed by atoms with Crippen molar-refractivity contribution in [2.24, 2.45) is 5.73 Å². The minimum Gasteiger partial charge on any atom is -0.384 e. The number of hydrogen-bond acceptors (Lipinski definition) is 4. The fourth-order valence-electron chi connectivity index (χ4n) is 1.15. The molecule has 5 N–H and O–H groups in total. The van der Waals surface area contributed by atoms with Gasteiger partial charge in [-0.25, -0.2) is 4.98 Å². The molecule has 0 fully saturated rings. The van der Waals surface area contributed by atoms with Crippen LogP contribution in [0.2, 0.25) is 0 Å². The summed E-state index contributed by atoms with van der Waals surface area (Å²) >= 11 is 0. The second kappa shape index (κ2) is 8.13. The van der Waals surface area contributed by atoms with E-state index in [-0.39, 0.29) is 0 Å². The number of para-hydroxylation sites is 1. The van der Waals surface area contributed by atoms with Gasteiger partial charge in [0.2, 0.25) is 0 Å². The van der Waals surface area contributed by atoms with Crippen LogP contribution in [0, 0.1) is 0 Å². The third-order valence-corrected chi connectivity index (χ3v) is 1.94. The zero-order chi connectivity index (χ0) is 12.3. The number of hydrogen-bond donors (Lipinski definition) is 3. The lowest BCUT2D eigenvalue weighted by molar-refractivity contribution is 1.02. The molecule has 1 heterocycles. The van der Waals surface area contributed by atoms with Gasteiger partial charge in [0.25, 0.3) is 0 Å². The number of benzene rings is 1. The van der Waals surface area contributed by atoms with Gasteiger partial charge in [0.1, 0.15) is 5.82 Å². The van der Waals surface area contributed by atoms with Crippen LogP contribution >= 0.6 is 0 Å². The normalized spacial score (nSPS) is 9.00. The first-order valence-corrected chi connectivity index (χ1v) is 5.48. The zero-order valence-electron chi connectivity index (χ0n) is 9.71. The molecule has 2 aromatic rings. The Bertz CT molecular complexity index is 389. The Morgan fingerprint density at radius 1 is 1.00 bits per heavy atom. The van der Waals surface area contributed by atoms with Crippen molar-refractivity contribution in [1.29, 1.82) is 0 Å². The van der Waals surface area contributed by atoms with E-state index in [1.807, 2.05) is 42.5 Å². The van der Waals surface area contributed by atoms with E-state index in [0.29, 0.717) is 12.4 Å². The van der Waals surface area contributed by atoms with Gasteiger partial charge in [-0.3, -0.25) is 0 Å². The fraction of sp³-hybridized carbons (Fsp3) is 0.154. The predicted molar refractivity (Wildman–Crippen MR) is 72.6 cm³/mol. The Labute approximate surface area is 102 Å². The quantitative estimate of drug-likeness (QED) is 0.750. The molecule has 4 heteroatoms. The lowest BCUT2D eigenvalue weighted by atomic mass is 10.3. The molecule has 17 heavy (non-hydrogen) atoms. The molecule has 0 radical (unpaired) electrons. The summed E-state index contributed by atoms with van der Waals surface area (Å²) in [6.45, 7) is 1.51. The molecule has 1 aromatic heterocycles. The number of anilines is 2. The van der Waals surface area contributed by atoms with Crippen LogP contribution in [0.15, 0.2) is 54.7 Å². The minimum absolute atomic E-state index is 0.572. The summed E-state index contributed by atoms with van der Waals surface area (Å²) in [4.78, 5) is 3.76. The maximum Gasteiger partial charge on any atom is 0.123 e. The van der Waals surface area contributed by atoms with Crippen LogP contribution in [0.5, 0.6) is 0 Å². The highest BCUT2D eigenvalue weighted by Gasteiger charge is 1.84. The third-order valence-electron chi connectivity index (χ3n) is 1.94. The fourth-order valence-corrected chi connectivity index (χ4v) is 1.15. The van der Waals surface area contributed by atoms with E-state index < -0.39 is 0 Å². The summed E-state index contributed by atoms with van der Waals surface area (Å²) in [5.74, 6) is 0.572. The minimum atomic E-state index is 0.572. The molecule has 0 spiro atoms. The maximum atomic E-state index is 5.31. The van der Waals surface area contributed by atoms with Gasteiger partial charge < -0.3 is 16.8 Å². The molecule has 0 unspecified atom stereocenters. The van der Waals surface area contributed by atoms with Crippen LogP contribution in [0.25, 0.3) is 0 Å². The smallest absolute Gasteiger partial charge is 0.123 e. The van der Waals surface area contributed by atoms with Crippen molar-refractivity contribution in [1.82, 2.24) is 4.98 Å². The molecular formula is C13H18N4. The Balaban J connectivity index is 0.000000181. The van der Waals surface area contributed by atoms with Crippen molar-refractivity contribution in [2.45, 2.75) is 0 Å². The van der Waals surface area contributed by atoms with Crippen LogP contribution < -0.4 is 16.8 Å². The van der Waals surface area contributed by atoms with Crippen LogP contribution in [0.1, 0.15) is 0 Å². The number of pyridine rings is 1. The molecule has 0 aliphatic carbocycles. The van der Waals surface area contributed by atoms with E-state index in [2.05, 4.69) is 10.3 Å². The lowest BCUT2D eigenvalue weighted by Gasteiger charge is -2.01.